The van der Waals surface area contributed by atoms with Crippen molar-refractivity contribution in [2.24, 2.45) is 0 Å². The Kier molecular flexibility index (Phi) is 8.76. The van der Waals surface area contributed by atoms with Crippen LogP contribution in [-0.2, 0) is 24.8 Å². The number of nitro benzene ring substituents is 1. The van der Waals surface area contributed by atoms with Crippen LogP contribution in [0.1, 0.15) is 25.3 Å². The van der Waals surface area contributed by atoms with Crippen LogP contribution < -0.4 is 14.4 Å². The Hall–Kier alpha value is -3.23. The molecule has 2 aromatic rings. The first-order valence-corrected chi connectivity index (χ1v) is 14.9. The lowest BCUT2D eigenvalue weighted by atomic mass is 10.1. The van der Waals surface area contributed by atoms with Crippen LogP contribution in [0.4, 0.5) is 11.4 Å². The summed E-state index contributed by atoms with van der Waals surface area (Å²) in [5.41, 5.74) is 0.197. The van der Waals surface area contributed by atoms with Gasteiger partial charge in [0.2, 0.25) is 26.0 Å². The molecule has 0 unspecified atom stereocenters. The van der Waals surface area contributed by atoms with Crippen molar-refractivity contribution in [2.45, 2.75) is 37.6 Å². The number of nitro groups is 1. The third kappa shape index (κ3) is 6.76. The molecule has 1 heterocycles. The van der Waals surface area contributed by atoms with E-state index in [1.54, 1.807) is 6.92 Å². The van der Waals surface area contributed by atoms with E-state index in [4.69, 9.17) is 4.74 Å². The molecular formula is C23H30N4O8S2. The van der Waals surface area contributed by atoms with Gasteiger partial charge in [-0.15, -0.1) is 0 Å². The minimum Gasteiger partial charge on any atom is -0.492 e. The lowest BCUT2D eigenvalue weighted by molar-refractivity contribution is -0.384. The summed E-state index contributed by atoms with van der Waals surface area (Å²) >= 11 is 0. The van der Waals surface area contributed by atoms with Crippen LogP contribution in [0, 0.1) is 17.0 Å². The van der Waals surface area contributed by atoms with Gasteiger partial charge in [0.25, 0.3) is 5.69 Å². The summed E-state index contributed by atoms with van der Waals surface area (Å²) in [7, 11) is -7.48. The van der Waals surface area contributed by atoms with Crippen molar-refractivity contribution in [3.8, 4) is 5.75 Å². The highest BCUT2D eigenvalue weighted by Gasteiger charge is 2.31. The predicted octanol–water partition coefficient (Wildman–Crippen LogP) is 2.04. The summed E-state index contributed by atoms with van der Waals surface area (Å²) in [6.07, 6.45) is 2.61. The smallest absolute Gasteiger partial charge is 0.271 e. The van der Waals surface area contributed by atoms with Crippen LogP contribution >= 0.6 is 0 Å². The van der Waals surface area contributed by atoms with Gasteiger partial charge in [-0.3, -0.25) is 19.2 Å². The highest BCUT2D eigenvalue weighted by molar-refractivity contribution is 7.92. The average Bonchev–Trinajstić information content (AvgIpc) is 3.38. The zero-order valence-electron chi connectivity index (χ0n) is 20.8. The Bertz CT molecular complexity index is 1360. The van der Waals surface area contributed by atoms with E-state index in [-0.39, 0.29) is 29.4 Å². The fraction of sp³-hybridized carbons (Fsp3) is 0.435. The normalized spacial score (nSPS) is 15.2. The van der Waals surface area contributed by atoms with Crippen LogP contribution in [0.2, 0.25) is 0 Å². The average molecular weight is 555 g/mol. The summed E-state index contributed by atoms with van der Waals surface area (Å²) in [6, 6.07) is 8.61. The first-order valence-electron chi connectivity index (χ1n) is 11.6. The van der Waals surface area contributed by atoms with E-state index >= 15 is 0 Å². The van der Waals surface area contributed by atoms with Gasteiger partial charge < -0.3 is 10.1 Å². The standard InChI is InChI=1S/C23H30N4O8S2/c1-17-6-7-19(27(29)30)16-22(17)26(36(3,31)32)18(2)23(28)24-12-15-35-20-8-10-21(11-9-20)37(33,34)25-13-4-5-14-25/h6-11,16,18H,4-5,12-15H2,1-3H3,(H,24,28)/t18-/m0/s1. The minimum atomic E-state index is -3.96. The highest BCUT2D eigenvalue weighted by Crippen LogP contribution is 2.29. The van der Waals surface area contributed by atoms with Crippen molar-refractivity contribution < 1.29 is 31.3 Å². The molecule has 37 heavy (non-hydrogen) atoms. The van der Waals surface area contributed by atoms with E-state index in [1.807, 2.05) is 0 Å². The fourth-order valence-electron chi connectivity index (χ4n) is 4.01. The molecule has 1 fully saturated rings. The van der Waals surface area contributed by atoms with Gasteiger partial charge >= 0.3 is 0 Å². The number of carbonyl (C=O) groups excluding carboxylic acids is 1. The van der Waals surface area contributed by atoms with E-state index in [2.05, 4.69) is 5.32 Å². The molecule has 1 aliphatic heterocycles. The number of aryl methyl sites for hydroxylation is 1. The van der Waals surface area contributed by atoms with E-state index < -0.39 is 36.9 Å². The van der Waals surface area contributed by atoms with Crippen molar-refractivity contribution >= 4 is 37.3 Å². The summed E-state index contributed by atoms with van der Waals surface area (Å²) < 4.78 is 58.1. The highest BCUT2D eigenvalue weighted by atomic mass is 32.2. The molecule has 12 nitrogen and oxygen atoms in total. The number of benzene rings is 2. The summed E-state index contributed by atoms with van der Waals surface area (Å²) in [5, 5.41) is 13.8. The zero-order chi connectivity index (χ0) is 27.4. The lowest BCUT2D eigenvalue weighted by Crippen LogP contribution is -2.48. The van der Waals surface area contributed by atoms with E-state index in [0.29, 0.717) is 24.4 Å². The first kappa shape index (κ1) is 28.3. The molecular weight excluding hydrogens is 524 g/mol. The molecule has 1 atom stereocenters. The maximum atomic E-state index is 12.7. The summed E-state index contributed by atoms with van der Waals surface area (Å²) in [6.45, 7) is 4.09. The van der Waals surface area contributed by atoms with Crippen LogP contribution in [0.25, 0.3) is 0 Å². The van der Waals surface area contributed by atoms with Crippen LogP contribution in [0.15, 0.2) is 47.4 Å². The predicted molar refractivity (Wildman–Crippen MR) is 138 cm³/mol. The molecule has 0 radical (unpaired) electrons. The van der Waals surface area contributed by atoms with E-state index in [0.717, 1.165) is 29.5 Å². The minimum absolute atomic E-state index is 0.0413. The van der Waals surface area contributed by atoms with Gasteiger partial charge in [-0.05, 0) is 56.5 Å². The molecule has 0 saturated carbocycles. The number of hydrogen-bond acceptors (Lipinski definition) is 8. The van der Waals surface area contributed by atoms with Crippen LogP contribution in [0.3, 0.4) is 0 Å². The number of nitrogens with one attached hydrogen (secondary N) is 1. The molecule has 0 spiro atoms. The van der Waals surface area contributed by atoms with Gasteiger partial charge in [0, 0.05) is 25.2 Å². The first-order chi connectivity index (χ1) is 17.3. The fourth-order valence-corrected chi connectivity index (χ4v) is 6.75. The molecule has 202 valence electrons. The SMILES string of the molecule is Cc1ccc([N+](=O)[O-])cc1N([C@@H](C)C(=O)NCCOc1ccc(S(=O)(=O)N2CCCC2)cc1)S(C)(=O)=O. The lowest BCUT2D eigenvalue weighted by Gasteiger charge is -2.29. The molecule has 0 aromatic heterocycles. The molecule has 14 heteroatoms. The van der Waals surface area contributed by atoms with E-state index in [1.165, 1.54) is 47.6 Å². The van der Waals surface area contributed by atoms with Gasteiger partial charge in [0.1, 0.15) is 18.4 Å². The number of hydrogen-bond donors (Lipinski definition) is 1. The van der Waals surface area contributed by atoms with Crippen molar-refractivity contribution in [3.63, 3.8) is 0 Å². The number of nitrogens with zero attached hydrogens (tertiary/aromatic N) is 3. The van der Waals surface area contributed by atoms with Gasteiger partial charge in [0.05, 0.1) is 28.3 Å². The zero-order valence-corrected chi connectivity index (χ0v) is 22.4. The molecule has 2 aromatic carbocycles. The third-order valence-corrected chi connectivity index (χ3v) is 9.07. The number of anilines is 1. The second-order valence-corrected chi connectivity index (χ2v) is 12.5. The summed E-state index contributed by atoms with van der Waals surface area (Å²) in [4.78, 5) is 23.5. The Morgan fingerprint density at radius 2 is 1.76 bits per heavy atom. The van der Waals surface area contributed by atoms with Crippen molar-refractivity contribution in [1.29, 1.82) is 0 Å². The molecule has 1 N–H and O–H groups in total. The summed E-state index contributed by atoms with van der Waals surface area (Å²) in [5.74, 6) is -0.209. The monoisotopic (exact) mass is 554 g/mol. The molecule has 0 aliphatic carbocycles. The molecule has 3 rings (SSSR count). The van der Waals surface area contributed by atoms with Crippen LogP contribution in [-0.4, -0.2) is 70.5 Å². The third-order valence-electron chi connectivity index (χ3n) is 5.93. The Morgan fingerprint density at radius 3 is 2.32 bits per heavy atom. The largest absolute Gasteiger partial charge is 0.492 e. The Balaban J connectivity index is 1.60. The Labute approximate surface area is 216 Å². The maximum Gasteiger partial charge on any atom is 0.271 e. The van der Waals surface area contributed by atoms with Crippen molar-refractivity contribution in [2.75, 3.05) is 36.8 Å². The number of sulfonamides is 2. The number of carbonyl (C=O) groups is 1. The van der Waals surface area contributed by atoms with Gasteiger partial charge in [-0.2, -0.15) is 4.31 Å². The number of rotatable bonds is 11. The van der Waals surface area contributed by atoms with Gasteiger partial charge in [-0.25, -0.2) is 16.8 Å². The van der Waals surface area contributed by atoms with Crippen molar-refractivity contribution in [3.05, 3.63) is 58.1 Å². The quantitative estimate of drug-likeness (QED) is 0.251. The maximum absolute atomic E-state index is 12.7. The molecule has 1 amide bonds. The molecule has 0 bridgehead atoms. The van der Waals surface area contributed by atoms with Gasteiger partial charge in [-0.1, -0.05) is 6.07 Å². The topological polar surface area (TPSA) is 156 Å². The Morgan fingerprint density at radius 1 is 1.14 bits per heavy atom. The van der Waals surface area contributed by atoms with E-state index in [9.17, 15) is 31.7 Å². The molecule has 1 saturated heterocycles. The number of non-ortho nitro benzene ring substituents is 1. The second kappa shape index (κ2) is 11.4. The number of ether oxygens (including phenoxy) is 1. The molecule has 1 aliphatic rings. The van der Waals surface area contributed by atoms with Crippen molar-refractivity contribution in [1.82, 2.24) is 9.62 Å². The number of amides is 1. The second-order valence-electron chi connectivity index (χ2n) is 8.68. The van der Waals surface area contributed by atoms with Crippen LogP contribution in [0.5, 0.6) is 5.75 Å². The van der Waals surface area contributed by atoms with Gasteiger partial charge in [0.15, 0.2) is 0 Å².